The zero-order chi connectivity index (χ0) is 16.0. The largest absolute Gasteiger partial charge is 0.485 e. The number of carboxylic acids is 1. The average molecular weight is 300 g/mol. The molecule has 1 aromatic rings. The van der Waals surface area contributed by atoms with Gasteiger partial charge in [0, 0.05) is 6.07 Å². The van der Waals surface area contributed by atoms with Gasteiger partial charge in [0.05, 0.1) is 11.5 Å². The molecule has 0 amide bonds. The number of aliphatic carboxylic acids is 1. The summed E-state index contributed by atoms with van der Waals surface area (Å²) in [5.41, 5.74) is 3.85. The number of rotatable bonds is 8. The second-order valence-electron chi connectivity index (χ2n) is 4.61. The van der Waals surface area contributed by atoms with Gasteiger partial charge in [-0.05, 0) is 25.3 Å². The lowest BCUT2D eigenvalue weighted by Crippen LogP contribution is -2.47. The van der Waals surface area contributed by atoms with E-state index in [9.17, 15) is 19.3 Å². The smallest absolute Gasteiger partial charge is 0.323 e. The number of ether oxygens (including phenoxy) is 1. The first-order valence-electron chi connectivity index (χ1n) is 6.40. The molecule has 7 nitrogen and oxygen atoms in total. The van der Waals surface area contributed by atoms with E-state index in [1.54, 1.807) is 6.92 Å². The molecule has 1 rings (SSSR count). The lowest BCUT2D eigenvalue weighted by molar-refractivity contribution is -0.386. The Morgan fingerprint density at radius 1 is 1.57 bits per heavy atom. The molecule has 0 aliphatic rings. The van der Waals surface area contributed by atoms with Crippen molar-refractivity contribution in [1.29, 1.82) is 0 Å². The van der Waals surface area contributed by atoms with E-state index in [1.165, 1.54) is 6.07 Å². The maximum absolute atomic E-state index is 13.5. The average Bonchev–Trinajstić information content (AvgIpc) is 2.43. The predicted octanol–water partition coefficient (Wildman–Crippen LogP) is 2.08. The minimum absolute atomic E-state index is 0.0615. The van der Waals surface area contributed by atoms with Gasteiger partial charge in [-0.15, -0.1) is 0 Å². The van der Waals surface area contributed by atoms with Gasteiger partial charge in [-0.1, -0.05) is 13.0 Å². The molecule has 0 heterocycles. The van der Waals surface area contributed by atoms with Crippen LogP contribution >= 0.6 is 0 Å². The third-order valence-electron chi connectivity index (χ3n) is 3.21. The molecule has 0 spiro atoms. The lowest BCUT2D eigenvalue weighted by atomic mass is 9.92. The van der Waals surface area contributed by atoms with Crippen LogP contribution in [-0.2, 0) is 4.79 Å². The second kappa shape index (κ2) is 6.98. The van der Waals surface area contributed by atoms with Crippen LogP contribution in [-0.4, -0.2) is 28.1 Å². The summed E-state index contributed by atoms with van der Waals surface area (Å²) >= 11 is 0. The summed E-state index contributed by atoms with van der Waals surface area (Å²) in [6.07, 6.45) is 0.603. The molecular weight excluding hydrogens is 283 g/mol. The van der Waals surface area contributed by atoms with Gasteiger partial charge < -0.3 is 15.6 Å². The van der Waals surface area contributed by atoms with Crippen LogP contribution in [0.1, 0.15) is 26.2 Å². The van der Waals surface area contributed by atoms with Gasteiger partial charge in [-0.3, -0.25) is 14.9 Å². The van der Waals surface area contributed by atoms with Crippen LogP contribution < -0.4 is 10.5 Å². The van der Waals surface area contributed by atoms with Crippen molar-refractivity contribution in [3.63, 3.8) is 0 Å². The SMILES string of the molecule is CCC(N)(CCCOc1c(F)cccc1[N+](=O)[O-])C(=O)O. The summed E-state index contributed by atoms with van der Waals surface area (Å²) in [7, 11) is 0. The fraction of sp³-hybridized carbons (Fsp3) is 0.462. The first-order chi connectivity index (χ1) is 9.81. The van der Waals surface area contributed by atoms with Crippen LogP contribution in [0, 0.1) is 15.9 Å². The molecule has 0 bridgehead atoms. The molecule has 1 aromatic carbocycles. The van der Waals surface area contributed by atoms with Crippen molar-refractivity contribution in [2.45, 2.75) is 31.7 Å². The highest BCUT2D eigenvalue weighted by molar-refractivity contribution is 5.78. The molecule has 1 atom stereocenters. The lowest BCUT2D eigenvalue weighted by Gasteiger charge is -2.22. The molecule has 21 heavy (non-hydrogen) atoms. The number of hydrogen-bond acceptors (Lipinski definition) is 5. The number of para-hydroxylation sites is 1. The topological polar surface area (TPSA) is 116 Å². The number of nitrogens with two attached hydrogens (primary N) is 1. The van der Waals surface area contributed by atoms with Crippen LogP contribution in [0.4, 0.5) is 10.1 Å². The summed E-state index contributed by atoms with van der Waals surface area (Å²) in [5, 5.41) is 19.8. The van der Waals surface area contributed by atoms with Gasteiger partial charge >= 0.3 is 11.7 Å². The summed E-state index contributed by atoms with van der Waals surface area (Å²) in [5.74, 6) is -2.41. The number of carbonyl (C=O) groups is 1. The van der Waals surface area contributed by atoms with Gasteiger partial charge in [0.2, 0.25) is 5.75 Å². The van der Waals surface area contributed by atoms with E-state index in [-0.39, 0.29) is 25.9 Å². The van der Waals surface area contributed by atoms with E-state index >= 15 is 0 Å². The number of nitro benzene ring substituents is 1. The molecule has 0 fully saturated rings. The second-order valence-corrected chi connectivity index (χ2v) is 4.61. The van der Waals surface area contributed by atoms with Gasteiger partial charge in [-0.2, -0.15) is 0 Å². The number of benzene rings is 1. The Labute approximate surface area is 120 Å². The Kier molecular flexibility index (Phi) is 5.60. The molecule has 0 aromatic heterocycles. The minimum atomic E-state index is -1.37. The predicted molar refractivity (Wildman–Crippen MR) is 72.6 cm³/mol. The number of nitrogens with zero attached hydrogens (tertiary/aromatic N) is 1. The minimum Gasteiger partial charge on any atom is -0.485 e. The molecule has 8 heteroatoms. The highest BCUT2D eigenvalue weighted by Crippen LogP contribution is 2.29. The van der Waals surface area contributed by atoms with E-state index in [4.69, 9.17) is 15.6 Å². The molecule has 0 radical (unpaired) electrons. The summed E-state index contributed by atoms with van der Waals surface area (Å²) < 4.78 is 18.6. The van der Waals surface area contributed by atoms with E-state index in [0.717, 1.165) is 12.1 Å². The highest BCUT2D eigenvalue weighted by atomic mass is 19.1. The Morgan fingerprint density at radius 2 is 2.24 bits per heavy atom. The zero-order valence-corrected chi connectivity index (χ0v) is 11.5. The number of nitro groups is 1. The number of carboxylic acid groups (broad SMARTS) is 1. The van der Waals surface area contributed by atoms with E-state index in [2.05, 4.69) is 0 Å². The van der Waals surface area contributed by atoms with Crippen molar-refractivity contribution in [2.75, 3.05) is 6.61 Å². The standard InChI is InChI=1S/C13H17FN2O5/c1-2-13(15,12(17)18)7-4-8-21-11-9(14)5-3-6-10(11)16(19)20/h3,5-6H,2,4,7-8,15H2,1H3,(H,17,18). The van der Waals surface area contributed by atoms with Crippen molar-refractivity contribution in [3.05, 3.63) is 34.1 Å². The maximum atomic E-state index is 13.5. The van der Waals surface area contributed by atoms with E-state index in [1.807, 2.05) is 0 Å². The number of hydrogen-bond donors (Lipinski definition) is 2. The molecule has 3 N–H and O–H groups in total. The Morgan fingerprint density at radius 3 is 2.76 bits per heavy atom. The molecule has 116 valence electrons. The van der Waals surface area contributed by atoms with Crippen molar-refractivity contribution >= 4 is 11.7 Å². The summed E-state index contributed by atoms with van der Waals surface area (Å²) in [6.45, 7) is 1.59. The van der Waals surface area contributed by atoms with Crippen LogP contribution in [0.2, 0.25) is 0 Å². The van der Waals surface area contributed by atoms with Crippen molar-refractivity contribution in [1.82, 2.24) is 0 Å². The third-order valence-corrected chi connectivity index (χ3v) is 3.21. The van der Waals surface area contributed by atoms with Crippen LogP contribution in [0.3, 0.4) is 0 Å². The quantitative estimate of drug-likeness (QED) is 0.431. The van der Waals surface area contributed by atoms with Crippen LogP contribution in [0.15, 0.2) is 18.2 Å². The monoisotopic (exact) mass is 300 g/mol. The molecule has 0 aliphatic heterocycles. The fourth-order valence-corrected chi connectivity index (χ4v) is 1.78. The summed E-state index contributed by atoms with van der Waals surface area (Å²) in [6, 6.07) is 3.40. The van der Waals surface area contributed by atoms with Gasteiger partial charge in [0.25, 0.3) is 0 Å². The number of halogens is 1. The van der Waals surface area contributed by atoms with Crippen molar-refractivity contribution in [2.24, 2.45) is 5.73 Å². The Hall–Kier alpha value is -2.22. The zero-order valence-electron chi connectivity index (χ0n) is 11.5. The first kappa shape index (κ1) is 16.8. The van der Waals surface area contributed by atoms with Crippen LogP contribution in [0.25, 0.3) is 0 Å². The Bertz CT molecular complexity index is 537. The third kappa shape index (κ3) is 4.12. The first-order valence-corrected chi connectivity index (χ1v) is 6.40. The maximum Gasteiger partial charge on any atom is 0.323 e. The molecular formula is C13H17FN2O5. The van der Waals surface area contributed by atoms with Crippen LogP contribution in [0.5, 0.6) is 5.75 Å². The van der Waals surface area contributed by atoms with Gasteiger partial charge in [0.1, 0.15) is 5.54 Å². The molecule has 1 unspecified atom stereocenters. The normalized spacial score (nSPS) is 13.5. The van der Waals surface area contributed by atoms with Gasteiger partial charge in [-0.25, -0.2) is 4.39 Å². The van der Waals surface area contributed by atoms with Gasteiger partial charge in [0.15, 0.2) is 5.82 Å². The van der Waals surface area contributed by atoms with Crippen molar-refractivity contribution in [3.8, 4) is 5.75 Å². The molecule has 0 aliphatic carbocycles. The highest BCUT2D eigenvalue weighted by Gasteiger charge is 2.31. The van der Waals surface area contributed by atoms with Crippen molar-refractivity contribution < 1.29 is 24.0 Å². The molecule has 0 saturated carbocycles. The Balaban J connectivity index is 2.65. The van der Waals surface area contributed by atoms with E-state index in [0.29, 0.717) is 0 Å². The summed E-state index contributed by atoms with van der Waals surface area (Å²) in [4.78, 5) is 21.0. The molecule has 0 saturated heterocycles. The van der Waals surface area contributed by atoms with E-state index < -0.39 is 33.7 Å². The fourth-order valence-electron chi connectivity index (χ4n) is 1.78.